The Morgan fingerprint density at radius 2 is 2.10 bits per heavy atom. The molecule has 2 N–H and O–H groups in total. The number of guanidine groups is 1. The van der Waals surface area contributed by atoms with Gasteiger partial charge in [-0.1, -0.05) is 12.8 Å². The Labute approximate surface area is 194 Å². The number of halogens is 1. The Morgan fingerprint density at radius 3 is 2.83 bits per heavy atom. The standard InChI is InChI=1S/C21H29N7O.HI/c1-22-21(24-14-16-7-10-23-19(13-16)28-11-4-9-25-28)26-18-8-12-27(15-18)20(29)17-5-2-3-6-17;/h4,7,9-11,13,17-18H,2-3,5-6,8,12,14-15H2,1H3,(H2,22,24,26);1H. The second-order valence-electron chi connectivity index (χ2n) is 7.79. The van der Waals surface area contributed by atoms with Gasteiger partial charge < -0.3 is 15.5 Å². The summed E-state index contributed by atoms with van der Waals surface area (Å²) in [5.74, 6) is 2.14. The number of carbonyl (C=O) groups excluding carboxylic acids is 1. The van der Waals surface area contributed by atoms with Crippen molar-refractivity contribution >= 4 is 35.8 Å². The van der Waals surface area contributed by atoms with Crippen LogP contribution >= 0.6 is 24.0 Å². The van der Waals surface area contributed by atoms with Crippen molar-refractivity contribution in [2.75, 3.05) is 20.1 Å². The van der Waals surface area contributed by atoms with E-state index in [1.165, 1.54) is 12.8 Å². The summed E-state index contributed by atoms with van der Waals surface area (Å²) >= 11 is 0. The van der Waals surface area contributed by atoms with Gasteiger partial charge in [-0.05, 0) is 43.0 Å². The predicted octanol–water partition coefficient (Wildman–Crippen LogP) is 2.34. The summed E-state index contributed by atoms with van der Waals surface area (Å²) in [5.41, 5.74) is 1.10. The lowest BCUT2D eigenvalue weighted by Gasteiger charge is -2.21. The van der Waals surface area contributed by atoms with Crippen LogP contribution in [0.1, 0.15) is 37.7 Å². The van der Waals surface area contributed by atoms with Crippen LogP contribution in [-0.2, 0) is 11.3 Å². The van der Waals surface area contributed by atoms with Crippen molar-refractivity contribution in [1.82, 2.24) is 30.3 Å². The van der Waals surface area contributed by atoms with Crippen molar-refractivity contribution in [3.63, 3.8) is 0 Å². The maximum absolute atomic E-state index is 12.6. The van der Waals surface area contributed by atoms with Gasteiger partial charge in [0.1, 0.15) is 0 Å². The van der Waals surface area contributed by atoms with Gasteiger partial charge in [-0.3, -0.25) is 9.79 Å². The topological polar surface area (TPSA) is 87.4 Å². The fourth-order valence-corrected chi connectivity index (χ4v) is 4.18. The third-order valence-electron chi connectivity index (χ3n) is 5.78. The lowest BCUT2D eigenvalue weighted by Crippen LogP contribution is -2.45. The van der Waals surface area contributed by atoms with Gasteiger partial charge in [-0.15, -0.1) is 24.0 Å². The van der Waals surface area contributed by atoms with E-state index < -0.39 is 0 Å². The highest BCUT2D eigenvalue weighted by Crippen LogP contribution is 2.27. The van der Waals surface area contributed by atoms with Crippen LogP contribution in [0.15, 0.2) is 41.8 Å². The Morgan fingerprint density at radius 1 is 1.27 bits per heavy atom. The van der Waals surface area contributed by atoms with Crippen molar-refractivity contribution < 1.29 is 4.79 Å². The first-order valence-corrected chi connectivity index (χ1v) is 10.4. The summed E-state index contributed by atoms with van der Waals surface area (Å²) in [6.07, 6.45) is 10.9. The highest BCUT2D eigenvalue weighted by Gasteiger charge is 2.32. The van der Waals surface area contributed by atoms with E-state index in [9.17, 15) is 4.79 Å². The third kappa shape index (κ3) is 5.50. The van der Waals surface area contributed by atoms with Gasteiger partial charge in [0.2, 0.25) is 5.91 Å². The highest BCUT2D eigenvalue weighted by molar-refractivity contribution is 14.0. The molecular formula is C21H30IN7O. The first-order valence-electron chi connectivity index (χ1n) is 10.4. The summed E-state index contributed by atoms with van der Waals surface area (Å²) in [4.78, 5) is 23.4. The van der Waals surface area contributed by atoms with E-state index in [0.717, 1.165) is 49.7 Å². The third-order valence-corrected chi connectivity index (χ3v) is 5.78. The number of pyridine rings is 1. The highest BCUT2D eigenvalue weighted by atomic mass is 127. The summed E-state index contributed by atoms with van der Waals surface area (Å²) in [7, 11) is 1.77. The Kier molecular flexibility index (Phi) is 8.06. The number of aromatic nitrogens is 3. The zero-order chi connectivity index (χ0) is 20.1. The first-order chi connectivity index (χ1) is 14.2. The summed E-state index contributed by atoms with van der Waals surface area (Å²) in [6.45, 7) is 2.23. The van der Waals surface area contributed by atoms with Gasteiger partial charge in [-0.2, -0.15) is 5.10 Å². The van der Waals surface area contributed by atoms with Crippen LogP contribution in [0.4, 0.5) is 0 Å². The molecular weight excluding hydrogens is 493 g/mol. The number of nitrogens with one attached hydrogen (secondary N) is 2. The van der Waals surface area contributed by atoms with Gasteiger partial charge in [0.05, 0.1) is 0 Å². The van der Waals surface area contributed by atoms with Gasteiger partial charge in [0, 0.05) is 57.2 Å². The van der Waals surface area contributed by atoms with E-state index >= 15 is 0 Å². The Balaban J connectivity index is 0.00000256. The van der Waals surface area contributed by atoms with Crippen molar-refractivity contribution in [3.8, 4) is 5.82 Å². The molecule has 8 nitrogen and oxygen atoms in total. The molecule has 162 valence electrons. The molecule has 30 heavy (non-hydrogen) atoms. The maximum atomic E-state index is 12.6. The van der Waals surface area contributed by atoms with E-state index in [1.807, 2.05) is 29.3 Å². The van der Waals surface area contributed by atoms with E-state index in [2.05, 4.69) is 25.7 Å². The molecule has 2 aromatic heterocycles. The largest absolute Gasteiger partial charge is 0.352 e. The molecule has 3 heterocycles. The lowest BCUT2D eigenvalue weighted by molar-refractivity contribution is -0.134. The summed E-state index contributed by atoms with van der Waals surface area (Å²) < 4.78 is 1.74. The van der Waals surface area contributed by atoms with Crippen molar-refractivity contribution in [3.05, 3.63) is 42.4 Å². The van der Waals surface area contributed by atoms with Crippen molar-refractivity contribution in [1.29, 1.82) is 0 Å². The van der Waals surface area contributed by atoms with Gasteiger partial charge in [0.15, 0.2) is 11.8 Å². The normalized spacial score (nSPS) is 19.6. The van der Waals surface area contributed by atoms with Crippen LogP contribution in [0, 0.1) is 5.92 Å². The molecule has 0 aromatic carbocycles. The number of aliphatic imine (C=N–C) groups is 1. The fourth-order valence-electron chi connectivity index (χ4n) is 4.18. The van der Waals surface area contributed by atoms with Gasteiger partial charge in [0.25, 0.3) is 0 Å². The molecule has 0 bridgehead atoms. The molecule has 0 radical (unpaired) electrons. The van der Waals surface area contributed by atoms with Crippen LogP contribution in [0.25, 0.3) is 5.82 Å². The number of nitrogens with zero attached hydrogens (tertiary/aromatic N) is 5. The monoisotopic (exact) mass is 523 g/mol. The van der Waals surface area contributed by atoms with E-state index in [0.29, 0.717) is 12.5 Å². The number of likely N-dealkylation sites (tertiary alicyclic amines) is 1. The minimum atomic E-state index is 0. The zero-order valence-electron chi connectivity index (χ0n) is 17.3. The molecule has 1 saturated heterocycles. The minimum Gasteiger partial charge on any atom is -0.352 e. The molecule has 1 aliphatic heterocycles. The van der Waals surface area contributed by atoms with Crippen molar-refractivity contribution in [2.45, 2.75) is 44.7 Å². The van der Waals surface area contributed by atoms with E-state index in [4.69, 9.17) is 0 Å². The van der Waals surface area contributed by atoms with Crippen molar-refractivity contribution in [2.24, 2.45) is 10.9 Å². The van der Waals surface area contributed by atoms with Crippen LogP contribution in [0.5, 0.6) is 0 Å². The SMILES string of the molecule is CN=C(NCc1ccnc(-n2cccn2)c1)NC1CCN(C(=O)C2CCCC2)C1.I. The maximum Gasteiger partial charge on any atom is 0.225 e. The first kappa shape index (κ1) is 22.5. The lowest BCUT2D eigenvalue weighted by atomic mass is 10.1. The molecule has 4 rings (SSSR count). The molecule has 1 saturated carbocycles. The molecule has 2 fully saturated rings. The Bertz CT molecular complexity index is 849. The molecule has 2 aromatic rings. The zero-order valence-corrected chi connectivity index (χ0v) is 19.7. The van der Waals surface area contributed by atoms with Crippen LogP contribution in [0.2, 0.25) is 0 Å². The number of hydrogen-bond acceptors (Lipinski definition) is 4. The van der Waals surface area contributed by atoms with E-state index in [1.54, 1.807) is 24.1 Å². The molecule has 2 aliphatic rings. The molecule has 9 heteroatoms. The fraction of sp³-hybridized carbons (Fsp3) is 0.524. The Hall–Kier alpha value is -2.17. The van der Waals surface area contributed by atoms with Gasteiger partial charge >= 0.3 is 0 Å². The second kappa shape index (κ2) is 10.7. The summed E-state index contributed by atoms with van der Waals surface area (Å²) in [6, 6.07) is 6.10. The van der Waals surface area contributed by atoms with E-state index in [-0.39, 0.29) is 35.9 Å². The number of amides is 1. The molecule has 1 unspecified atom stereocenters. The number of hydrogen-bond donors (Lipinski definition) is 2. The molecule has 1 aliphatic carbocycles. The average molecular weight is 523 g/mol. The number of rotatable bonds is 5. The average Bonchev–Trinajstić information content (AvgIpc) is 3.53. The van der Waals surface area contributed by atoms with Crippen LogP contribution < -0.4 is 10.6 Å². The quantitative estimate of drug-likeness (QED) is 0.357. The molecule has 1 amide bonds. The predicted molar refractivity (Wildman–Crippen MR) is 127 cm³/mol. The summed E-state index contributed by atoms with van der Waals surface area (Å²) in [5, 5.41) is 11.1. The second-order valence-corrected chi connectivity index (χ2v) is 7.79. The number of carbonyl (C=O) groups is 1. The molecule has 1 atom stereocenters. The van der Waals surface area contributed by atoms with Gasteiger partial charge in [-0.25, -0.2) is 9.67 Å². The van der Waals surface area contributed by atoms with Crippen LogP contribution in [-0.4, -0.2) is 57.7 Å². The van der Waals surface area contributed by atoms with Crippen LogP contribution in [0.3, 0.4) is 0 Å². The molecule has 0 spiro atoms. The minimum absolute atomic E-state index is 0. The smallest absolute Gasteiger partial charge is 0.225 e.